The number of rotatable bonds is 9. The third kappa shape index (κ3) is 6.29. The summed E-state index contributed by atoms with van der Waals surface area (Å²) in [6.07, 6.45) is 4.12. The molecule has 2 heterocycles. The molecule has 1 saturated heterocycles. The van der Waals surface area contributed by atoms with Crippen molar-refractivity contribution in [3.05, 3.63) is 52.0 Å². The molecule has 0 saturated carbocycles. The highest BCUT2D eigenvalue weighted by Gasteiger charge is 2.29. The van der Waals surface area contributed by atoms with E-state index in [1.54, 1.807) is 0 Å². The van der Waals surface area contributed by atoms with Gasteiger partial charge in [-0.3, -0.25) is 19.4 Å². The van der Waals surface area contributed by atoms with Gasteiger partial charge in [0.25, 0.3) is 0 Å². The Bertz CT molecular complexity index is 1050. The van der Waals surface area contributed by atoms with Crippen LogP contribution in [0.25, 0.3) is 0 Å². The predicted octanol–water partition coefficient (Wildman–Crippen LogP) is 5.58. The molecule has 2 aromatic rings. The minimum absolute atomic E-state index is 0.120. The van der Waals surface area contributed by atoms with Crippen molar-refractivity contribution < 1.29 is 14.3 Å². The van der Waals surface area contributed by atoms with Crippen LogP contribution in [0.2, 0.25) is 10.0 Å². The van der Waals surface area contributed by atoms with Crippen LogP contribution in [-0.2, 0) is 16.0 Å². The summed E-state index contributed by atoms with van der Waals surface area (Å²) in [5.74, 6) is 0.457. The number of piperazine rings is 1. The van der Waals surface area contributed by atoms with Crippen molar-refractivity contribution in [3.63, 3.8) is 0 Å². The third-order valence-corrected chi connectivity index (χ3v) is 7.46. The standard InChI is InChI=1S/C27H33Cl2N3O3/c1-2-6-25(33)32-24-19-21(11-9-20(24)10-12-26(32)34)35-18-4-3-13-30-14-16-31(17-15-30)23-8-5-7-22(28)27(23)29/h5,7-9,11,19H,2-4,6,10,12-18H2,1H3. The number of carbonyl (C=O) groups is 2. The second-order valence-electron chi connectivity index (χ2n) is 9.12. The highest BCUT2D eigenvalue weighted by molar-refractivity contribution is 6.43. The number of carbonyl (C=O) groups excluding carboxylic acids is 2. The maximum Gasteiger partial charge on any atom is 0.234 e. The number of anilines is 2. The summed E-state index contributed by atoms with van der Waals surface area (Å²) in [6, 6.07) is 11.6. The van der Waals surface area contributed by atoms with E-state index < -0.39 is 0 Å². The summed E-state index contributed by atoms with van der Waals surface area (Å²) in [6.45, 7) is 7.41. The van der Waals surface area contributed by atoms with Gasteiger partial charge >= 0.3 is 0 Å². The molecule has 0 N–H and O–H groups in total. The molecule has 0 unspecified atom stereocenters. The first-order chi connectivity index (χ1) is 17.0. The van der Waals surface area contributed by atoms with Crippen LogP contribution < -0.4 is 14.5 Å². The van der Waals surface area contributed by atoms with E-state index in [0.717, 1.165) is 63.2 Å². The van der Waals surface area contributed by atoms with Crippen LogP contribution in [-0.4, -0.2) is 56.0 Å². The van der Waals surface area contributed by atoms with E-state index in [0.29, 0.717) is 47.4 Å². The number of ether oxygens (including phenoxy) is 1. The van der Waals surface area contributed by atoms with Gasteiger partial charge in [0.05, 0.1) is 28.0 Å². The largest absolute Gasteiger partial charge is 0.494 e. The highest BCUT2D eigenvalue weighted by atomic mass is 35.5. The first kappa shape index (κ1) is 25.8. The minimum atomic E-state index is -0.131. The van der Waals surface area contributed by atoms with E-state index in [1.165, 1.54) is 4.90 Å². The third-order valence-electron chi connectivity index (χ3n) is 6.65. The Hall–Kier alpha value is -2.28. The van der Waals surface area contributed by atoms with Crippen LogP contribution in [0, 0.1) is 0 Å². The van der Waals surface area contributed by atoms with Crippen LogP contribution in [0.3, 0.4) is 0 Å². The second kappa shape index (κ2) is 12.1. The smallest absolute Gasteiger partial charge is 0.234 e. The molecule has 2 aliphatic heterocycles. The summed E-state index contributed by atoms with van der Waals surface area (Å²) in [4.78, 5) is 31.0. The Morgan fingerprint density at radius 3 is 2.57 bits per heavy atom. The molecule has 0 radical (unpaired) electrons. The topological polar surface area (TPSA) is 53.1 Å². The molecule has 35 heavy (non-hydrogen) atoms. The van der Waals surface area contributed by atoms with Crippen molar-refractivity contribution in [3.8, 4) is 5.75 Å². The summed E-state index contributed by atoms with van der Waals surface area (Å²) in [5, 5.41) is 1.22. The fraction of sp³-hybridized carbons (Fsp3) is 0.481. The maximum absolute atomic E-state index is 12.5. The van der Waals surface area contributed by atoms with E-state index in [-0.39, 0.29) is 11.8 Å². The first-order valence-electron chi connectivity index (χ1n) is 12.5. The Labute approximate surface area is 217 Å². The monoisotopic (exact) mass is 517 g/mol. The molecule has 6 nitrogen and oxygen atoms in total. The Morgan fingerprint density at radius 2 is 1.80 bits per heavy atom. The molecular weight excluding hydrogens is 485 g/mol. The van der Waals surface area contributed by atoms with Crippen molar-refractivity contribution in [1.82, 2.24) is 4.90 Å². The average molecular weight is 518 g/mol. The quantitative estimate of drug-likeness (QED) is 0.406. The Morgan fingerprint density at radius 1 is 1.00 bits per heavy atom. The Balaban J connectivity index is 1.21. The number of aryl methyl sites for hydroxylation is 1. The molecule has 2 aromatic carbocycles. The van der Waals surface area contributed by atoms with Crippen LogP contribution in [0.5, 0.6) is 5.75 Å². The van der Waals surface area contributed by atoms with E-state index >= 15 is 0 Å². The molecule has 188 valence electrons. The summed E-state index contributed by atoms with van der Waals surface area (Å²) in [7, 11) is 0. The predicted molar refractivity (Wildman–Crippen MR) is 142 cm³/mol. The van der Waals surface area contributed by atoms with Crippen LogP contribution in [0.1, 0.15) is 44.6 Å². The van der Waals surface area contributed by atoms with Gasteiger partial charge in [-0.2, -0.15) is 0 Å². The van der Waals surface area contributed by atoms with Gasteiger partial charge in [0.15, 0.2) is 0 Å². The van der Waals surface area contributed by atoms with Crippen LogP contribution in [0.15, 0.2) is 36.4 Å². The van der Waals surface area contributed by atoms with E-state index in [4.69, 9.17) is 27.9 Å². The molecule has 2 aliphatic rings. The van der Waals surface area contributed by atoms with Crippen molar-refractivity contribution in [2.75, 3.05) is 49.1 Å². The zero-order chi connectivity index (χ0) is 24.8. The second-order valence-corrected chi connectivity index (χ2v) is 9.91. The highest BCUT2D eigenvalue weighted by Crippen LogP contribution is 2.34. The average Bonchev–Trinajstić information content (AvgIpc) is 2.86. The molecule has 2 amide bonds. The lowest BCUT2D eigenvalue weighted by atomic mass is 10.0. The lowest BCUT2D eigenvalue weighted by Crippen LogP contribution is -2.46. The lowest BCUT2D eigenvalue weighted by molar-refractivity contribution is -0.126. The number of amides is 2. The van der Waals surface area contributed by atoms with Crippen molar-refractivity contribution in [2.45, 2.75) is 45.4 Å². The van der Waals surface area contributed by atoms with Crippen molar-refractivity contribution >= 4 is 46.4 Å². The molecule has 4 rings (SSSR count). The van der Waals surface area contributed by atoms with Gasteiger partial charge in [-0.25, -0.2) is 0 Å². The zero-order valence-electron chi connectivity index (χ0n) is 20.3. The molecule has 1 fully saturated rings. The molecule has 0 aliphatic carbocycles. The van der Waals surface area contributed by atoms with E-state index in [2.05, 4.69) is 9.80 Å². The number of imide groups is 1. The molecule has 0 bridgehead atoms. The van der Waals surface area contributed by atoms with Gasteiger partial charge in [0, 0.05) is 45.1 Å². The first-order valence-corrected chi connectivity index (χ1v) is 13.3. The number of benzene rings is 2. The molecule has 0 atom stereocenters. The van der Waals surface area contributed by atoms with Gasteiger partial charge in [0.1, 0.15) is 5.75 Å². The SMILES string of the molecule is CCCC(=O)N1C(=O)CCc2ccc(OCCCCN3CCN(c4cccc(Cl)c4Cl)CC3)cc21. The van der Waals surface area contributed by atoms with E-state index in [9.17, 15) is 9.59 Å². The maximum atomic E-state index is 12.5. The normalized spacial score (nSPS) is 16.4. The summed E-state index contributed by atoms with van der Waals surface area (Å²) >= 11 is 12.5. The Kier molecular flexibility index (Phi) is 8.93. The van der Waals surface area contributed by atoms with E-state index in [1.807, 2.05) is 43.3 Å². The minimum Gasteiger partial charge on any atom is -0.494 e. The van der Waals surface area contributed by atoms with Gasteiger partial charge < -0.3 is 9.64 Å². The number of hydrogen-bond acceptors (Lipinski definition) is 5. The zero-order valence-corrected chi connectivity index (χ0v) is 21.8. The van der Waals surface area contributed by atoms with Crippen molar-refractivity contribution in [2.24, 2.45) is 0 Å². The number of halogens is 2. The fourth-order valence-electron chi connectivity index (χ4n) is 4.72. The number of hydrogen-bond donors (Lipinski definition) is 0. The number of fused-ring (bicyclic) bond motifs is 1. The van der Waals surface area contributed by atoms with Crippen LogP contribution >= 0.6 is 23.2 Å². The summed E-state index contributed by atoms with van der Waals surface area (Å²) in [5.41, 5.74) is 2.73. The van der Waals surface area contributed by atoms with Crippen LogP contribution in [0.4, 0.5) is 11.4 Å². The van der Waals surface area contributed by atoms with Crippen molar-refractivity contribution in [1.29, 1.82) is 0 Å². The van der Waals surface area contributed by atoms with Gasteiger partial charge in [0.2, 0.25) is 11.8 Å². The number of unbranched alkanes of at least 4 members (excludes halogenated alkanes) is 1. The summed E-state index contributed by atoms with van der Waals surface area (Å²) < 4.78 is 5.98. The van der Waals surface area contributed by atoms with Gasteiger partial charge in [-0.05, 0) is 56.0 Å². The number of nitrogens with zero attached hydrogens (tertiary/aromatic N) is 3. The molecule has 0 aromatic heterocycles. The fourth-order valence-corrected chi connectivity index (χ4v) is 5.13. The molecule has 0 spiro atoms. The lowest BCUT2D eigenvalue weighted by Gasteiger charge is -2.36. The molecule has 8 heteroatoms. The van der Waals surface area contributed by atoms with Gasteiger partial charge in [-0.1, -0.05) is 42.3 Å². The molecular formula is C27H33Cl2N3O3. The van der Waals surface area contributed by atoms with Gasteiger partial charge in [-0.15, -0.1) is 0 Å².